The normalized spacial score (nSPS) is 9.90. The van der Waals surface area contributed by atoms with Crippen molar-refractivity contribution in [3.05, 3.63) is 106 Å². The standard InChI is InChI=1S/C27H22F2/c1-2-3-4-5-24-13-17-25(27(29)20-24)16-12-22-9-6-21(7-10-22)8-11-23-14-18-26(28)19-15-23/h6-7,9-10,13-15,17-20H,2-5H2,1H3. The van der Waals surface area contributed by atoms with Gasteiger partial charge >= 0.3 is 0 Å². The van der Waals surface area contributed by atoms with Crippen molar-refractivity contribution in [1.29, 1.82) is 0 Å². The molecule has 3 aromatic carbocycles. The van der Waals surface area contributed by atoms with Crippen LogP contribution in [0.15, 0.2) is 66.7 Å². The number of rotatable bonds is 4. The van der Waals surface area contributed by atoms with Gasteiger partial charge in [0, 0.05) is 16.7 Å². The summed E-state index contributed by atoms with van der Waals surface area (Å²) in [5, 5.41) is 0. The van der Waals surface area contributed by atoms with Gasteiger partial charge in [0.15, 0.2) is 0 Å². The van der Waals surface area contributed by atoms with Crippen LogP contribution in [-0.2, 0) is 6.42 Å². The average molecular weight is 384 g/mol. The van der Waals surface area contributed by atoms with Gasteiger partial charge in [0.1, 0.15) is 11.6 Å². The molecule has 0 saturated heterocycles. The number of unbranched alkanes of at least 4 members (excludes halogenated alkanes) is 2. The molecule has 0 atom stereocenters. The zero-order valence-corrected chi connectivity index (χ0v) is 16.4. The minimum Gasteiger partial charge on any atom is -0.207 e. The predicted molar refractivity (Wildman–Crippen MR) is 114 cm³/mol. The highest BCUT2D eigenvalue weighted by Gasteiger charge is 2.01. The Balaban J connectivity index is 1.66. The van der Waals surface area contributed by atoms with Gasteiger partial charge in [-0.1, -0.05) is 49.5 Å². The Morgan fingerprint density at radius 2 is 1.21 bits per heavy atom. The number of hydrogen-bond donors (Lipinski definition) is 0. The molecule has 0 bridgehead atoms. The van der Waals surface area contributed by atoms with Crippen molar-refractivity contribution in [3.8, 4) is 23.7 Å². The third kappa shape index (κ3) is 6.34. The van der Waals surface area contributed by atoms with Gasteiger partial charge in [0.25, 0.3) is 0 Å². The molecule has 2 heteroatoms. The SMILES string of the molecule is CCCCCc1ccc(C#Cc2ccc(C#Cc3ccc(F)cc3)cc2)c(F)c1. The van der Waals surface area contributed by atoms with Crippen LogP contribution in [0.5, 0.6) is 0 Å². The summed E-state index contributed by atoms with van der Waals surface area (Å²) in [5.41, 5.74) is 3.81. The Bertz CT molecular complexity index is 1070. The van der Waals surface area contributed by atoms with E-state index in [1.807, 2.05) is 30.3 Å². The van der Waals surface area contributed by atoms with E-state index in [4.69, 9.17) is 0 Å². The Morgan fingerprint density at radius 3 is 1.76 bits per heavy atom. The summed E-state index contributed by atoms with van der Waals surface area (Å²) < 4.78 is 27.2. The molecule has 0 amide bonds. The van der Waals surface area contributed by atoms with Crippen LogP contribution in [-0.4, -0.2) is 0 Å². The Kier molecular flexibility index (Phi) is 7.21. The molecule has 0 saturated carbocycles. The van der Waals surface area contributed by atoms with E-state index in [-0.39, 0.29) is 11.6 Å². The molecule has 0 radical (unpaired) electrons. The van der Waals surface area contributed by atoms with E-state index in [0.717, 1.165) is 47.9 Å². The second-order valence-electron chi connectivity index (χ2n) is 6.86. The molecule has 0 nitrogen and oxygen atoms in total. The van der Waals surface area contributed by atoms with E-state index in [1.54, 1.807) is 24.3 Å². The molecule has 144 valence electrons. The molecule has 0 spiro atoms. The molecule has 0 aliphatic carbocycles. The van der Waals surface area contributed by atoms with Crippen LogP contribution in [0.2, 0.25) is 0 Å². The zero-order chi connectivity index (χ0) is 20.5. The first-order valence-electron chi connectivity index (χ1n) is 9.82. The summed E-state index contributed by atoms with van der Waals surface area (Å²) in [6, 6.07) is 18.8. The lowest BCUT2D eigenvalue weighted by molar-refractivity contribution is 0.619. The van der Waals surface area contributed by atoms with Gasteiger partial charge in [-0.25, -0.2) is 8.78 Å². The molecule has 0 heterocycles. The van der Waals surface area contributed by atoms with Crippen LogP contribution in [0.25, 0.3) is 0 Å². The molecule has 29 heavy (non-hydrogen) atoms. The number of halogens is 2. The lowest BCUT2D eigenvalue weighted by Crippen LogP contribution is -1.90. The van der Waals surface area contributed by atoms with E-state index in [0.29, 0.717) is 5.56 Å². The topological polar surface area (TPSA) is 0 Å². The van der Waals surface area contributed by atoms with E-state index in [1.165, 1.54) is 12.1 Å². The maximum atomic E-state index is 14.3. The molecule has 0 fully saturated rings. The summed E-state index contributed by atoms with van der Waals surface area (Å²) in [6.45, 7) is 2.16. The van der Waals surface area contributed by atoms with Crippen molar-refractivity contribution in [2.24, 2.45) is 0 Å². The Labute approximate surface area is 171 Å². The number of aryl methyl sites for hydroxylation is 1. The van der Waals surface area contributed by atoms with E-state index in [2.05, 4.69) is 30.6 Å². The highest BCUT2D eigenvalue weighted by Crippen LogP contribution is 2.13. The first-order chi connectivity index (χ1) is 14.1. The van der Waals surface area contributed by atoms with Crippen LogP contribution in [0, 0.1) is 35.3 Å². The molecule has 0 N–H and O–H groups in total. The van der Waals surface area contributed by atoms with Crippen molar-refractivity contribution in [2.45, 2.75) is 32.6 Å². The second kappa shape index (κ2) is 10.3. The molecule has 3 rings (SSSR count). The molecule has 0 unspecified atom stereocenters. The molecule has 0 aliphatic rings. The maximum Gasteiger partial charge on any atom is 0.139 e. The fraction of sp³-hybridized carbons (Fsp3) is 0.185. The Morgan fingerprint density at radius 1 is 0.655 bits per heavy atom. The maximum absolute atomic E-state index is 14.3. The van der Waals surface area contributed by atoms with E-state index >= 15 is 0 Å². The van der Waals surface area contributed by atoms with Gasteiger partial charge in [0.2, 0.25) is 0 Å². The first kappa shape index (κ1) is 20.4. The summed E-state index contributed by atoms with van der Waals surface area (Å²) in [5.74, 6) is 11.4. The second-order valence-corrected chi connectivity index (χ2v) is 6.86. The predicted octanol–water partition coefficient (Wildman–Crippen LogP) is 6.50. The minimum absolute atomic E-state index is 0.270. The van der Waals surface area contributed by atoms with Crippen molar-refractivity contribution < 1.29 is 8.78 Å². The largest absolute Gasteiger partial charge is 0.207 e. The molecular formula is C27H22F2. The highest BCUT2D eigenvalue weighted by molar-refractivity contribution is 5.48. The summed E-state index contributed by atoms with van der Waals surface area (Å²) in [6.07, 6.45) is 4.30. The quantitative estimate of drug-likeness (QED) is 0.356. The molecular weight excluding hydrogens is 362 g/mol. The summed E-state index contributed by atoms with van der Waals surface area (Å²) in [4.78, 5) is 0. The smallest absolute Gasteiger partial charge is 0.139 e. The fourth-order valence-electron chi connectivity index (χ4n) is 2.85. The van der Waals surface area contributed by atoms with Gasteiger partial charge in [-0.3, -0.25) is 0 Å². The van der Waals surface area contributed by atoms with Gasteiger partial charge < -0.3 is 0 Å². The van der Waals surface area contributed by atoms with Gasteiger partial charge in [0.05, 0.1) is 5.56 Å². The fourth-order valence-corrected chi connectivity index (χ4v) is 2.85. The van der Waals surface area contributed by atoms with Crippen molar-refractivity contribution in [1.82, 2.24) is 0 Å². The summed E-state index contributed by atoms with van der Waals surface area (Å²) >= 11 is 0. The molecule has 3 aromatic rings. The number of benzene rings is 3. The first-order valence-corrected chi connectivity index (χ1v) is 9.82. The average Bonchev–Trinajstić information content (AvgIpc) is 2.74. The van der Waals surface area contributed by atoms with Gasteiger partial charge in [-0.15, -0.1) is 0 Å². The van der Waals surface area contributed by atoms with Crippen LogP contribution < -0.4 is 0 Å². The number of hydrogen-bond acceptors (Lipinski definition) is 0. The van der Waals surface area contributed by atoms with Crippen molar-refractivity contribution in [3.63, 3.8) is 0 Å². The lowest BCUT2D eigenvalue weighted by Gasteiger charge is -2.02. The van der Waals surface area contributed by atoms with Crippen molar-refractivity contribution >= 4 is 0 Å². The highest BCUT2D eigenvalue weighted by atomic mass is 19.1. The van der Waals surface area contributed by atoms with Crippen molar-refractivity contribution in [2.75, 3.05) is 0 Å². The van der Waals surface area contributed by atoms with Gasteiger partial charge in [-0.2, -0.15) is 0 Å². The van der Waals surface area contributed by atoms with Gasteiger partial charge in [-0.05, 0) is 79.1 Å². The molecule has 0 aromatic heterocycles. The third-order valence-corrected chi connectivity index (χ3v) is 4.52. The lowest BCUT2D eigenvalue weighted by atomic mass is 10.0. The monoisotopic (exact) mass is 384 g/mol. The summed E-state index contributed by atoms with van der Waals surface area (Å²) in [7, 11) is 0. The minimum atomic E-state index is -0.277. The van der Waals surface area contributed by atoms with Crippen LogP contribution in [0.4, 0.5) is 8.78 Å². The third-order valence-electron chi connectivity index (χ3n) is 4.52. The molecule has 0 aliphatic heterocycles. The Hall–Kier alpha value is -3.36. The zero-order valence-electron chi connectivity index (χ0n) is 16.4. The van der Waals surface area contributed by atoms with Crippen LogP contribution in [0.1, 0.15) is 54.0 Å². The van der Waals surface area contributed by atoms with E-state index < -0.39 is 0 Å². The van der Waals surface area contributed by atoms with Crippen LogP contribution >= 0.6 is 0 Å². The van der Waals surface area contributed by atoms with Crippen LogP contribution in [0.3, 0.4) is 0 Å². The van der Waals surface area contributed by atoms with E-state index in [9.17, 15) is 8.78 Å².